The molecule has 0 saturated carbocycles. The Bertz CT molecular complexity index is 596. The molecule has 80 valence electrons. The Balaban J connectivity index is 2.11. The lowest BCUT2D eigenvalue weighted by molar-refractivity contribution is 1.25. The van der Waals surface area contributed by atoms with Gasteiger partial charge in [0.1, 0.15) is 15.7 Å². The number of alkyl halides is 1. The van der Waals surface area contributed by atoms with Crippen LogP contribution < -0.4 is 0 Å². The Morgan fingerprint density at radius 2 is 2.06 bits per heavy atom. The van der Waals surface area contributed by atoms with Gasteiger partial charge in [-0.2, -0.15) is 0 Å². The van der Waals surface area contributed by atoms with Crippen molar-refractivity contribution in [3.05, 3.63) is 34.7 Å². The van der Waals surface area contributed by atoms with Crippen molar-refractivity contribution in [2.24, 2.45) is 0 Å². The zero-order valence-corrected chi connectivity index (χ0v) is 10.6. The summed E-state index contributed by atoms with van der Waals surface area (Å²) < 4.78 is 1.19. The zero-order chi connectivity index (χ0) is 11.0. The van der Waals surface area contributed by atoms with Crippen LogP contribution in [0.4, 0.5) is 0 Å². The van der Waals surface area contributed by atoms with Crippen LogP contribution in [0.1, 0.15) is 5.01 Å². The maximum absolute atomic E-state index is 5.74. The van der Waals surface area contributed by atoms with Gasteiger partial charge < -0.3 is 0 Å². The molecule has 0 unspecified atom stereocenters. The first-order valence-electron chi connectivity index (χ1n) is 4.73. The van der Waals surface area contributed by atoms with Gasteiger partial charge in [-0.1, -0.05) is 12.1 Å². The van der Waals surface area contributed by atoms with E-state index in [0.717, 1.165) is 21.2 Å². The molecule has 0 saturated heterocycles. The van der Waals surface area contributed by atoms with Crippen LogP contribution in [-0.4, -0.2) is 9.97 Å². The van der Waals surface area contributed by atoms with Crippen LogP contribution in [0.15, 0.2) is 29.6 Å². The average Bonchev–Trinajstić information content (AvgIpc) is 2.95. The molecule has 3 rings (SSSR count). The molecule has 3 aromatic rings. The van der Waals surface area contributed by atoms with E-state index in [1.807, 2.05) is 23.6 Å². The van der Waals surface area contributed by atoms with Crippen molar-refractivity contribution in [2.75, 3.05) is 0 Å². The van der Waals surface area contributed by atoms with Gasteiger partial charge in [0.2, 0.25) is 0 Å². The Labute approximate surface area is 106 Å². The number of para-hydroxylation sites is 1. The first-order chi connectivity index (χ1) is 7.86. The number of fused-ring (bicyclic) bond motifs is 1. The quantitative estimate of drug-likeness (QED) is 0.651. The summed E-state index contributed by atoms with van der Waals surface area (Å²) in [5.41, 5.74) is 1.96. The second kappa shape index (κ2) is 4.13. The summed E-state index contributed by atoms with van der Waals surface area (Å²) in [7, 11) is 0. The fourth-order valence-corrected chi connectivity index (χ4v) is 3.33. The van der Waals surface area contributed by atoms with Gasteiger partial charge in [0.05, 0.1) is 16.1 Å². The molecule has 5 heteroatoms. The summed E-state index contributed by atoms with van der Waals surface area (Å²) in [5.74, 6) is 0.468. The summed E-state index contributed by atoms with van der Waals surface area (Å²) in [6.45, 7) is 0. The lowest BCUT2D eigenvalue weighted by Crippen LogP contribution is -1.77. The minimum atomic E-state index is 0.468. The monoisotopic (exact) mass is 266 g/mol. The van der Waals surface area contributed by atoms with Gasteiger partial charge in [-0.05, 0) is 12.1 Å². The van der Waals surface area contributed by atoms with E-state index in [1.54, 1.807) is 22.7 Å². The maximum Gasteiger partial charge on any atom is 0.143 e. The van der Waals surface area contributed by atoms with E-state index in [9.17, 15) is 0 Å². The topological polar surface area (TPSA) is 25.8 Å². The Hall–Kier alpha value is -0.970. The van der Waals surface area contributed by atoms with Crippen LogP contribution >= 0.6 is 34.3 Å². The van der Waals surface area contributed by atoms with Crippen LogP contribution in [0, 0.1) is 0 Å². The highest BCUT2D eigenvalue weighted by Gasteiger charge is 2.09. The molecule has 0 atom stereocenters. The molecule has 0 radical (unpaired) electrons. The molecule has 0 bridgehead atoms. The van der Waals surface area contributed by atoms with E-state index < -0.39 is 0 Å². The normalized spacial score (nSPS) is 11.1. The number of benzene rings is 1. The molecule has 2 heterocycles. The second-order valence-electron chi connectivity index (χ2n) is 3.25. The van der Waals surface area contributed by atoms with Gasteiger partial charge in [-0.25, -0.2) is 9.97 Å². The van der Waals surface area contributed by atoms with Crippen molar-refractivity contribution in [3.8, 4) is 10.7 Å². The van der Waals surface area contributed by atoms with E-state index in [2.05, 4.69) is 16.0 Å². The number of nitrogens with zero attached hydrogens (tertiary/aromatic N) is 2. The summed E-state index contributed by atoms with van der Waals surface area (Å²) in [6, 6.07) is 8.11. The first-order valence-corrected chi connectivity index (χ1v) is 6.96. The minimum Gasteiger partial charge on any atom is -0.237 e. The summed E-state index contributed by atoms with van der Waals surface area (Å²) >= 11 is 8.98. The zero-order valence-electron chi connectivity index (χ0n) is 8.18. The Morgan fingerprint density at radius 1 is 1.19 bits per heavy atom. The summed E-state index contributed by atoms with van der Waals surface area (Å²) in [5, 5.41) is 3.92. The molecule has 2 nitrogen and oxygen atoms in total. The van der Waals surface area contributed by atoms with Gasteiger partial charge in [-0.3, -0.25) is 0 Å². The second-order valence-corrected chi connectivity index (χ2v) is 5.49. The van der Waals surface area contributed by atoms with Crippen molar-refractivity contribution in [1.82, 2.24) is 9.97 Å². The van der Waals surface area contributed by atoms with Crippen LogP contribution in [0.5, 0.6) is 0 Å². The van der Waals surface area contributed by atoms with E-state index in [0.29, 0.717) is 5.88 Å². The van der Waals surface area contributed by atoms with E-state index in [-0.39, 0.29) is 0 Å². The van der Waals surface area contributed by atoms with Crippen LogP contribution in [0.25, 0.3) is 20.9 Å². The molecule has 2 aromatic heterocycles. The number of aromatic nitrogens is 2. The predicted octanol–water partition coefficient (Wildman–Crippen LogP) is 4.16. The minimum absolute atomic E-state index is 0.468. The first kappa shape index (κ1) is 10.2. The number of halogens is 1. The molecule has 0 aliphatic carbocycles. The molecule has 16 heavy (non-hydrogen) atoms. The fourth-order valence-electron chi connectivity index (χ4n) is 1.45. The van der Waals surface area contributed by atoms with E-state index in [4.69, 9.17) is 11.6 Å². The van der Waals surface area contributed by atoms with Crippen molar-refractivity contribution in [3.63, 3.8) is 0 Å². The highest BCUT2D eigenvalue weighted by molar-refractivity contribution is 7.21. The van der Waals surface area contributed by atoms with Crippen molar-refractivity contribution in [2.45, 2.75) is 5.88 Å². The Morgan fingerprint density at radius 3 is 2.81 bits per heavy atom. The molecule has 0 spiro atoms. The third-order valence-corrected chi connectivity index (χ3v) is 4.50. The van der Waals surface area contributed by atoms with Crippen molar-refractivity contribution < 1.29 is 0 Å². The predicted molar refractivity (Wildman–Crippen MR) is 70.3 cm³/mol. The molecule has 1 aromatic carbocycles. The number of hydrogen-bond donors (Lipinski definition) is 0. The van der Waals surface area contributed by atoms with Crippen molar-refractivity contribution in [1.29, 1.82) is 0 Å². The largest absolute Gasteiger partial charge is 0.237 e. The van der Waals surface area contributed by atoms with Gasteiger partial charge >= 0.3 is 0 Å². The standard InChI is InChI=1S/C11H7ClN2S2/c12-5-10-13-8(6-15-10)11-14-7-3-1-2-4-9(7)16-11/h1-4,6H,5H2. The average molecular weight is 267 g/mol. The lowest BCUT2D eigenvalue weighted by Gasteiger charge is -1.85. The third-order valence-electron chi connectivity index (χ3n) is 2.18. The molecular formula is C11H7ClN2S2. The highest BCUT2D eigenvalue weighted by Crippen LogP contribution is 2.30. The molecule has 0 fully saturated rings. The van der Waals surface area contributed by atoms with Crippen LogP contribution in [0.3, 0.4) is 0 Å². The summed E-state index contributed by atoms with van der Waals surface area (Å²) in [6.07, 6.45) is 0. The summed E-state index contributed by atoms with van der Waals surface area (Å²) in [4.78, 5) is 8.98. The van der Waals surface area contributed by atoms with Gasteiger partial charge in [0.25, 0.3) is 0 Å². The molecular weight excluding hydrogens is 260 g/mol. The SMILES string of the molecule is ClCc1nc(-c2nc3ccccc3s2)cs1. The fraction of sp³-hybridized carbons (Fsp3) is 0.0909. The van der Waals surface area contributed by atoms with Gasteiger partial charge in [0, 0.05) is 5.38 Å². The Kier molecular flexibility index (Phi) is 2.63. The molecule has 0 aliphatic rings. The smallest absolute Gasteiger partial charge is 0.143 e. The maximum atomic E-state index is 5.74. The van der Waals surface area contributed by atoms with Crippen molar-refractivity contribution >= 4 is 44.5 Å². The van der Waals surface area contributed by atoms with Crippen LogP contribution in [0.2, 0.25) is 0 Å². The van der Waals surface area contributed by atoms with Gasteiger partial charge in [0.15, 0.2) is 0 Å². The molecule has 0 amide bonds. The number of hydrogen-bond acceptors (Lipinski definition) is 4. The highest BCUT2D eigenvalue weighted by atomic mass is 35.5. The van der Waals surface area contributed by atoms with Crippen LogP contribution in [-0.2, 0) is 5.88 Å². The van der Waals surface area contributed by atoms with E-state index >= 15 is 0 Å². The number of rotatable bonds is 2. The third kappa shape index (κ3) is 1.73. The molecule has 0 aliphatic heterocycles. The number of thiazole rings is 2. The lowest BCUT2D eigenvalue weighted by atomic mass is 10.3. The van der Waals surface area contributed by atoms with E-state index in [1.165, 1.54) is 4.70 Å². The van der Waals surface area contributed by atoms with Gasteiger partial charge in [-0.15, -0.1) is 34.3 Å². The molecule has 0 N–H and O–H groups in total.